The Hall–Kier alpha value is -2.44. The molecule has 0 saturated carbocycles. The number of allylic oxidation sites excluding steroid dienone is 1. The topological polar surface area (TPSA) is 33.0 Å². The molecule has 0 aliphatic rings. The van der Waals surface area contributed by atoms with Crippen LogP contribution in [0.3, 0.4) is 0 Å². The summed E-state index contributed by atoms with van der Waals surface area (Å²) in [5.41, 5.74) is 2.85. The number of nitriles is 1. The van der Waals surface area contributed by atoms with E-state index >= 15 is 0 Å². The van der Waals surface area contributed by atoms with Crippen LogP contribution in [0.5, 0.6) is 5.75 Å². The van der Waals surface area contributed by atoms with Crippen LogP contribution in [0, 0.1) is 11.3 Å². The van der Waals surface area contributed by atoms with Gasteiger partial charge in [-0.2, -0.15) is 5.26 Å². The molecule has 0 atom stereocenters. The number of benzene rings is 3. The van der Waals surface area contributed by atoms with Gasteiger partial charge in [-0.25, -0.2) is 0 Å². The van der Waals surface area contributed by atoms with Crippen LogP contribution >= 0.6 is 34.8 Å². The lowest BCUT2D eigenvalue weighted by atomic mass is 10.0. The number of ether oxygens (including phenoxy) is 1. The van der Waals surface area contributed by atoms with E-state index in [1.807, 2.05) is 30.3 Å². The van der Waals surface area contributed by atoms with Crippen molar-refractivity contribution in [1.82, 2.24) is 0 Å². The smallest absolute Gasteiger partial charge is 0.127 e. The molecule has 0 aliphatic heterocycles. The summed E-state index contributed by atoms with van der Waals surface area (Å²) >= 11 is 18.2. The zero-order valence-electron chi connectivity index (χ0n) is 14.1. The molecule has 0 aromatic heterocycles. The zero-order chi connectivity index (χ0) is 19.2. The van der Waals surface area contributed by atoms with Crippen LogP contribution < -0.4 is 4.74 Å². The SMILES string of the molecule is N#C/C(=C/c1cc(Cl)ccc1OCc1cccc(Cl)c1)c1cccc(Cl)c1. The van der Waals surface area contributed by atoms with E-state index in [0.29, 0.717) is 38.6 Å². The fourth-order valence-electron chi connectivity index (χ4n) is 2.54. The first-order chi connectivity index (χ1) is 13.0. The molecule has 0 heterocycles. The predicted octanol–water partition coefficient (Wildman–Crippen LogP) is 7.29. The summed E-state index contributed by atoms with van der Waals surface area (Å²) in [6.07, 6.45) is 1.74. The van der Waals surface area contributed by atoms with E-state index in [0.717, 1.165) is 11.1 Å². The fraction of sp³-hybridized carbons (Fsp3) is 0.0455. The normalized spacial score (nSPS) is 11.1. The van der Waals surface area contributed by atoms with Crippen molar-refractivity contribution >= 4 is 46.5 Å². The molecule has 0 radical (unpaired) electrons. The molecule has 5 heteroatoms. The second-order valence-electron chi connectivity index (χ2n) is 5.78. The summed E-state index contributed by atoms with van der Waals surface area (Å²) < 4.78 is 5.94. The van der Waals surface area contributed by atoms with Gasteiger partial charge in [-0.1, -0.05) is 59.1 Å². The number of rotatable bonds is 5. The van der Waals surface area contributed by atoms with Gasteiger partial charge in [-0.05, 0) is 59.7 Å². The minimum Gasteiger partial charge on any atom is -0.488 e. The van der Waals surface area contributed by atoms with Gasteiger partial charge in [-0.15, -0.1) is 0 Å². The molecular weight excluding hydrogens is 401 g/mol. The maximum Gasteiger partial charge on any atom is 0.127 e. The van der Waals surface area contributed by atoms with Crippen LogP contribution in [-0.4, -0.2) is 0 Å². The molecular formula is C22H14Cl3NO. The minimum atomic E-state index is 0.349. The highest BCUT2D eigenvalue weighted by Crippen LogP contribution is 2.29. The van der Waals surface area contributed by atoms with Gasteiger partial charge in [0.15, 0.2) is 0 Å². The third-order valence-electron chi connectivity index (χ3n) is 3.81. The average Bonchev–Trinajstić information content (AvgIpc) is 2.65. The Morgan fingerprint density at radius 2 is 1.59 bits per heavy atom. The van der Waals surface area contributed by atoms with Crippen molar-refractivity contribution in [2.75, 3.05) is 0 Å². The molecule has 3 rings (SSSR count). The molecule has 0 amide bonds. The second kappa shape index (κ2) is 8.97. The average molecular weight is 415 g/mol. The van der Waals surface area contributed by atoms with Crippen LogP contribution in [0.1, 0.15) is 16.7 Å². The molecule has 0 bridgehead atoms. The summed E-state index contributed by atoms with van der Waals surface area (Å²) in [7, 11) is 0. The Kier molecular flexibility index (Phi) is 6.42. The first-order valence-electron chi connectivity index (χ1n) is 8.10. The van der Waals surface area contributed by atoms with Crippen molar-refractivity contribution in [3.8, 4) is 11.8 Å². The summed E-state index contributed by atoms with van der Waals surface area (Å²) in [5.74, 6) is 0.620. The largest absolute Gasteiger partial charge is 0.488 e. The standard InChI is InChI=1S/C22H14Cl3NO/c23-19-5-1-3-15(9-19)14-27-22-8-7-21(25)12-17(22)10-18(13-26)16-4-2-6-20(24)11-16/h1-12H,14H2/b18-10-. The van der Waals surface area contributed by atoms with Gasteiger partial charge in [0.2, 0.25) is 0 Å². The van der Waals surface area contributed by atoms with Gasteiger partial charge in [0.25, 0.3) is 0 Å². The van der Waals surface area contributed by atoms with Gasteiger partial charge >= 0.3 is 0 Å². The summed E-state index contributed by atoms with van der Waals surface area (Å²) in [6.45, 7) is 0.349. The van der Waals surface area contributed by atoms with E-state index in [2.05, 4.69) is 6.07 Å². The van der Waals surface area contributed by atoms with Crippen molar-refractivity contribution in [1.29, 1.82) is 5.26 Å². The van der Waals surface area contributed by atoms with E-state index in [4.69, 9.17) is 39.5 Å². The quantitative estimate of drug-likeness (QED) is 0.324. The van der Waals surface area contributed by atoms with E-state index in [1.54, 1.807) is 42.5 Å². The van der Waals surface area contributed by atoms with Crippen molar-refractivity contribution in [2.45, 2.75) is 6.61 Å². The summed E-state index contributed by atoms with van der Waals surface area (Å²) in [4.78, 5) is 0. The second-order valence-corrected chi connectivity index (χ2v) is 7.09. The minimum absolute atomic E-state index is 0.349. The molecule has 0 saturated heterocycles. The Morgan fingerprint density at radius 1 is 0.889 bits per heavy atom. The Bertz CT molecular complexity index is 1040. The van der Waals surface area contributed by atoms with E-state index in [1.165, 1.54) is 0 Å². The van der Waals surface area contributed by atoms with Crippen LogP contribution in [0.4, 0.5) is 0 Å². The maximum absolute atomic E-state index is 9.58. The van der Waals surface area contributed by atoms with Crippen molar-refractivity contribution in [2.24, 2.45) is 0 Å². The molecule has 27 heavy (non-hydrogen) atoms. The predicted molar refractivity (Wildman–Crippen MR) is 112 cm³/mol. The van der Waals surface area contributed by atoms with Gasteiger partial charge in [0, 0.05) is 20.6 Å². The highest BCUT2D eigenvalue weighted by Gasteiger charge is 2.08. The summed E-state index contributed by atoms with van der Waals surface area (Å²) in [6, 6.07) is 22.1. The van der Waals surface area contributed by atoms with Crippen molar-refractivity contribution < 1.29 is 4.74 Å². The molecule has 3 aromatic rings. The molecule has 0 spiro atoms. The molecule has 0 unspecified atom stereocenters. The van der Waals surface area contributed by atoms with Crippen LogP contribution in [0.15, 0.2) is 66.7 Å². The van der Waals surface area contributed by atoms with Crippen LogP contribution in [0.25, 0.3) is 11.6 Å². The lowest BCUT2D eigenvalue weighted by Crippen LogP contribution is -1.97. The Balaban J connectivity index is 1.92. The van der Waals surface area contributed by atoms with Crippen molar-refractivity contribution in [3.05, 3.63) is 98.5 Å². The first-order valence-corrected chi connectivity index (χ1v) is 9.23. The van der Waals surface area contributed by atoms with E-state index < -0.39 is 0 Å². The first kappa shape index (κ1) is 19.3. The van der Waals surface area contributed by atoms with E-state index in [9.17, 15) is 5.26 Å². The number of halogens is 3. The van der Waals surface area contributed by atoms with Gasteiger partial charge < -0.3 is 4.74 Å². The van der Waals surface area contributed by atoms with Gasteiger partial charge in [0.1, 0.15) is 12.4 Å². The van der Waals surface area contributed by atoms with Gasteiger partial charge in [0.05, 0.1) is 11.6 Å². The zero-order valence-corrected chi connectivity index (χ0v) is 16.4. The summed E-state index contributed by atoms with van der Waals surface area (Å²) in [5, 5.41) is 11.4. The van der Waals surface area contributed by atoms with Crippen LogP contribution in [-0.2, 0) is 6.61 Å². The Labute approximate surface area is 173 Å². The van der Waals surface area contributed by atoms with Gasteiger partial charge in [-0.3, -0.25) is 0 Å². The monoisotopic (exact) mass is 413 g/mol. The van der Waals surface area contributed by atoms with E-state index in [-0.39, 0.29) is 0 Å². The molecule has 0 fully saturated rings. The highest BCUT2D eigenvalue weighted by atomic mass is 35.5. The third kappa shape index (κ3) is 5.28. The lowest BCUT2D eigenvalue weighted by Gasteiger charge is -2.11. The molecule has 2 nitrogen and oxygen atoms in total. The number of hydrogen-bond acceptors (Lipinski definition) is 2. The highest BCUT2D eigenvalue weighted by molar-refractivity contribution is 6.31. The third-order valence-corrected chi connectivity index (χ3v) is 4.52. The molecule has 3 aromatic carbocycles. The molecule has 134 valence electrons. The van der Waals surface area contributed by atoms with Crippen LogP contribution in [0.2, 0.25) is 15.1 Å². The molecule has 0 aliphatic carbocycles. The molecule has 0 N–H and O–H groups in total. The van der Waals surface area contributed by atoms with Crippen molar-refractivity contribution in [3.63, 3.8) is 0 Å². The number of hydrogen-bond donors (Lipinski definition) is 0. The Morgan fingerprint density at radius 3 is 2.30 bits per heavy atom. The fourth-order valence-corrected chi connectivity index (χ4v) is 3.13. The maximum atomic E-state index is 9.58. The number of nitrogens with zero attached hydrogens (tertiary/aromatic N) is 1. The lowest BCUT2D eigenvalue weighted by molar-refractivity contribution is 0.305.